The SMILES string of the molecule is CC(=O)C1=NN(c2ccc(Br)cc2)[C@@H]2C(=O)N(c3ccccc3Cl)C(=O)[C@@H]12. The van der Waals surface area contributed by atoms with Gasteiger partial charge in [-0.15, -0.1) is 0 Å². The van der Waals surface area contributed by atoms with Crippen molar-refractivity contribution in [2.45, 2.75) is 13.0 Å². The van der Waals surface area contributed by atoms with Crippen LogP contribution in [-0.2, 0) is 14.4 Å². The number of anilines is 2. The zero-order valence-electron chi connectivity index (χ0n) is 14.1. The lowest BCUT2D eigenvalue weighted by atomic mass is 9.95. The normalized spacial score (nSPS) is 21.5. The molecule has 2 atom stereocenters. The van der Waals surface area contributed by atoms with Crippen LogP contribution in [0.3, 0.4) is 0 Å². The zero-order chi connectivity index (χ0) is 19.3. The van der Waals surface area contributed by atoms with Crippen LogP contribution in [0, 0.1) is 5.92 Å². The van der Waals surface area contributed by atoms with E-state index in [-0.39, 0.29) is 16.5 Å². The number of hydrogen-bond acceptors (Lipinski definition) is 5. The van der Waals surface area contributed by atoms with Gasteiger partial charge in [-0.3, -0.25) is 19.4 Å². The molecule has 2 aromatic rings. The average Bonchev–Trinajstić information content (AvgIpc) is 3.15. The summed E-state index contributed by atoms with van der Waals surface area (Å²) in [4.78, 5) is 39.4. The van der Waals surface area contributed by atoms with E-state index in [1.54, 1.807) is 48.5 Å². The molecule has 2 aliphatic rings. The van der Waals surface area contributed by atoms with Crippen molar-refractivity contribution in [1.82, 2.24) is 0 Å². The maximum absolute atomic E-state index is 13.2. The minimum atomic E-state index is -0.949. The number of imide groups is 1. The van der Waals surface area contributed by atoms with E-state index in [1.807, 2.05) is 0 Å². The monoisotopic (exact) mass is 445 g/mol. The van der Waals surface area contributed by atoms with Crippen LogP contribution in [0.5, 0.6) is 0 Å². The smallest absolute Gasteiger partial charge is 0.259 e. The second kappa shape index (κ2) is 6.58. The van der Waals surface area contributed by atoms with Gasteiger partial charge in [0, 0.05) is 11.4 Å². The highest BCUT2D eigenvalue weighted by molar-refractivity contribution is 9.10. The molecule has 2 amide bonds. The van der Waals surface area contributed by atoms with Gasteiger partial charge < -0.3 is 0 Å². The van der Waals surface area contributed by atoms with E-state index in [0.29, 0.717) is 11.4 Å². The highest BCUT2D eigenvalue weighted by Gasteiger charge is 2.58. The predicted octanol–water partition coefficient (Wildman–Crippen LogP) is 3.43. The van der Waals surface area contributed by atoms with Crippen LogP contribution in [0.15, 0.2) is 58.1 Å². The second-order valence-corrected chi connectivity index (χ2v) is 7.57. The maximum Gasteiger partial charge on any atom is 0.259 e. The van der Waals surface area contributed by atoms with Crippen LogP contribution in [0.4, 0.5) is 11.4 Å². The maximum atomic E-state index is 13.2. The fraction of sp³-hybridized carbons (Fsp3) is 0.158. The van der Waals surface area contributed by atoms with Crippen LogP contribution in [0.25, 0.3) is 0 Å². The number of benzene rings is 2. The van der Waals surface area contributed by atoms with Gasteiger partial charge in [0.2, 0.25) is 5.91 Å². The summed E-state index contributed by atoms with van der Waals surface area (Å²) in [7, 11) is 0. The minimum Gasteiger partial charge on any atom is -0.293 e. The molecule has 0 spiro atoms. The lowest BCUT2D eigenvalue weighted by Crippen LogP contribution is -2.39. The Balaban J connectivity index is 1.82. The predicted molar refractivity (Wildman–Crippen MR) is 106 cm³/mol. The van der Waals surface area contributed by atoms with Crippen LogP contribution in [0.1, 0.15) is 6.92 Å². The first-order valence-corrected chi connectivity index (χ1v) is 9.34. The molecule has 136 valence electrons. The summed E-state index contributed by atoms with van der Waals surface area (Å²) < 4.78 is 0.865. The minimum absolute atomic E-state index is 0.0795. The van der Waals surface area contributed by atoms with Crippen LogP contribution in [0.2, 0.25) is 5.02 Å². The Hall–Kier alpha value is -2.51. The highest BCUT2D eigenvalue weighted by Crippen LogP contribution is 2.39. The number of carbonyl (C=O) groups excluding carboxylic acids is 3. The lowest BCUT2D eigenvalue weighted by Gasteiger charge is -2.22. The molecular formula is C19H13BrClN3O3. The highest BCUT2D eigenvalue weighted by atomic mass is 79.9. The van der Waals surface area contributed by atoms with Gasteiger partial charge in [0.1, 0.15) is 17.7 Å². The molecule has 2 aliphatic heterocycles. The molecular weight excluding hydrogens is 434 g/mol. The zero-order valence-corrected chi connectivity index (χ0v) is 16.4. The first kappa shape index (κ1) is 17.9. The van der Waals surface area contributed by atoms with E-state index in [1.165, 1.54) is 11.9 Å². The molecule has 1 fully saturated rings. The van der Waals surface area contributed by atoms with E-state index in [4.69, 9.17) is 11.6 Å². The number of amides is 2. The molecule has 2 aromatic carbocycles. The molecule has 0 unspecified atom stereocenters. The van der Waals surface area contributed by atoms with Gasteiger partial charge in [-0.25, -0.2) is 4.90 Å². The summed E-state index contributed by atoms with van der Waals surface area (Å²) in [6.07, 6.45) is 0. The Morgan fingerprint density at radius 1 is 1.07 bits per heavy atom. The van der Waals surface area contributed by atoms with Crippen molar-refractivity contribution in [2.24, 2.45) is 11.0 Å². The number of rotatable bonds is 3. The largest absolute Gasteiger partial charge is 0.293 e. The molecule has 1 saturated heterocycles. The number of halogens is 2. The van der Waals surface area contributed by atoms with Crippen molar-refractivity contribution in [3.05, 3.63) is 58.0 Å². The molecule has 0 aliphatic carbocycles. The Kier molecular flexibility index (Phi) is 4.36. The summed E-state index contributed by atoms with van der Waals surface area (Å²) in [5, 5.41) is 6.04. The Morgan fingerprint density at radius 2 is 1.74 bits per heavy atom. The molecule has 8 heteroatoms. The van der Waals surface area contributed by atoms with Crippen LogP contribution < -0.4 is 9.91 Å². The molecule has 0 saturated carbocycles. The van der Waals surface area contributed by atoms with Gasteiger partial charge in [-0.1, -0.05) is 39.7 Å². The van der Waals surface area contributed by atoms with E-state index in [9.17, 15) is 14.4 Å². The summed E-state index contributed by atoms with van der Waals surface area (Å²) in [5.41, 5.74) is 1.00. The molecule has 2 heterocycles. The topological polar surface area (TPSA) is 70.1 Å². The number of ketones is 1. The van der Waals surface area contributed by atoms with Crippen molar-refractivity contribution in [2.75, 3.05) is 9.91 Å². The van der Waals surface area contributed by atoms with Gasteiger partial charge in [0.05, 0.1) is 16.4 Å². The number of fused-ring (bicyclic) bond motifs is 1. The van der Waals surface area contributed by atoms with Gasteiger partial charge in [0.15, 0.2) is 5.78 Å². The van der Waals surface area contributed by atoms with E-state index in [2.05, 4.69) is 21.0 Å². The fourth-order valence-corrected chi connectivity index (χ4v) is 3.87. The number of carbonyl (C=O) groups is 3. The summed E-state index contributed by atoms with van der Waals surface area (Å²) in [6, 6.07) is 12.9. The number of para-hydroxylation sites is 1. The van der Waals surface area contributed by atoms with E-state index in [0.717, 1.165) is 9.37 Å². The summed E-state index contributed by atoms with van der Waals surface area (Å²) in [5.74, 6) is -2.24. The van der Waals surface area contributed by atoms with Crippen molar-refractivity contribution in [1.29, 1.82) is 0 Å². The third kappa shape index (κ3) is 2.78. The van der Waals surface area contributed by atoms with Crippen molar-refractivity contribution >= 4 is 62.2 Å². The van der Waals surface area contributed by atoms with Crippen molar-refractivity contribution < 1.29 is 14.4 Å². The van der Waals surface area contributed by atoms with Gasteiger partial charge >= 0.3 is 0 Å². The Labute approximate surface area is 168 Å². The van der Waals surface area contributed by atoms with Crippen LogP contribution >= 0.6 is 27.5 Å². The first-order chi connectivity index (χ1) is 12.9. The van der Waals surface area contributed by atoms with Gasteiger partial charge in [-0.2, -0.15) is 5.10 Å². The van der Waals surface area contributed by atoms with Crippen LogP contribution in [-0.4, -0.2) is 29.4 Å². The number of Topliss-reactive ketones (excluding diaryl/α,β-unsaturated/α-hetero) is 1. The van der Waals surface area contributed by atoms with E-state index < -0.39 is 23.8 Å². The van der Waals surface area contributed by atoms with Gasteiger partial charge in [-0.05, 0) is 36.4 Å². The molecule has 4 rings (SSSR count). The molecule has 0 aromatic heterocycles. The van der Waals surface area contributed by atoms with Crippen molar-refractivity contribution in [3.8, 4) is 0 Å². The Morgan fingerprint density at radius 3 is 2.37 bits per heavy atom. The van der Waals surface area contributed by atoms with E-state index >= 15 is 0 Å². The summed E-state index contributed by atoms with van der Waals surface area (Å²) >= 11 is 9.56. The number of hydrogen-bond donors (Lipinski definition) is 0. The standard InChI is InChI=1S/C19H13BrClN3O3/c1-10(25)16-15-17(24(22-16)12-8-6-11(20)7-9-12)19(27)23(18(15)26)14-5-3-2-4-13(14)21/h2-9,15,17H,1H3/t15-,17-/m0/s1. The molecule has 27 heavy (non-hydrogen) atoms. The molecule has 0 radical (unpaired) electrons. The second-order valence-electron chi connectivity index (χ2n) is 6.25. The van der Waals surface area contributed by atoms with Gasteiger partial charge in [0.25, 0.3) is 5.91 Å². The van der Waals surface area contributed by atoms with Crippen molar-refractivity contribution in [3.63, 3.8) is 0 Å². The average molecular weight is 447 g/mol. The molecule has 0 bridgehead atoms. The lowest BCUT2D eigenvalue weighted by molar-refractivity contribution is -0.122. The molecule has 0 N–H and O–H groups in total. The number of hydrazone groups is 1. The quantitative estimate of drug-likeness (QED) is 0.678. The number of nitrogens with zero attached hydrogens (tertiary/aromatic N) is 3. The summed E-state index contributed by atoms with van der Waals surface area (Å²) in [6.45, 7) is 1.34. The Bertz CT molecular complexity index is 1010. The molecule has 6 nitrogen and oxygen atoms in total. The third-order valence-electron chi connectivity index (χ3n) is 4.59. The fourth-order valence-electron chi connectivity index (χ4n) is 3.38. The first-order valence-electron chi connectivity index (χ1n) is 8.16. The third-order valence-corrected chi connectivity index (χ3v) is 5.44.